The summed E-state index contributed by atoms with van der Waals surface area (Å²) in [6.45, 7) is 3.32. The predicted octanol–water partition coefficient (Wildman–Crippen LogP) is 2.13. The van der Waals surface area contributed by atoms with E-state index in [-0.39, 0.29) is 10.7 Å². The first kappa shape index (κ1) is 14.2. The highest BCUT2D eigenvalue weighted by Crippen LogP contribution is 2.46. The molecule has 112 valence electrons. The molecule has 2 N–H and O–H groups in total. The van der Waals surface area contributed by atoms with Crippen molar-refractivity contribution < 1.29 is 12.8 Å². The summed E-state index contributed by atoms with van der Waals surface area (Å²) in [6, 6.07) is 5.94. The number of H-pyrrole nitrogens is 1. The average Bonchev–Trinajstić information content (AvgIpc) is 3.08. The van der Waals surface area contributed by atoms with Gasteiger partial charge in [-0.05, 0) is 44.4 Å². The molecule has 7 heteroatoms. The van der Waals surface area contributed by atoms with Crippen LogP contribution in [0.15, 0.2) is 29.2 Å². The Morgan fingerprint density at radius 1 is 1.24 bits per heavy atom. The van der Waals surface area contributed by atoms with Crippen molar-refractivity contribution in [2.75, 3.05) is 0 Å². The Morgan fingerprint density at radius 3 is 2.33 bits per heavy atom. The molecule has 2 aromatic rings. The van der Waals surface area contributed by atoms with Gasteiger partial charge in [-0.15, -0.1) is 0 Å². The first-order valence-electron chi connectivity index (χ1n) is 6.66. The normalized spacial score (nSPS) is 16.9. The van der Waals surface area contributed by atoms with Crippen molar-refractivity contribution in [1.29, 1.82) is 0 Å². The summed E-state index contributed by atoms with van der Waals surface area (Å²) >= 11 is 0. The molecule has 1 aromatic heterocycles. The summed E-state index contributed by atoms with van der Waals surface area (Å²) in [4.78, 5) is 0.191. The SMILES string of the molecule is Cc1n[nH]c(C)c1S(=O)(=O)NC1(c2ccc(F)cc2)CC1. The van der Waals surface area contributed by atoms with Gasteiger partial charge in [0.1, 0.15) is 10.7 Å². The molecular weight excluding hydrogens is 293 g/mol. The molecule has 0 amide bonds. The second-order valence-electron chi connectivity index (χ2n) is 5.46. The number of nitrogens with one attached hydrogen (secondary N) is 2. The number of benzene rings is 1. The van der Waals surface area contributed by atoms with Gasteiger partial charge in [-0.1, -0.05) is 12.1 Å². The fourth-order valence-corrected chi connectivity index (χ4v) is 4.41. The molecule has 1 aliphatic carbocycles. The third-order valence-corrected chi connectivity index (χ3v) is 5.60. The molecular formula is C14H16FN3O2S. The van der Waals surface area contributed by atoms with Crippen LogP contribution in [0.2, 0.25) is 0 Å². The van der Waals surface area contributed by atoms with Gasteiger partial charge in [0.25, 0.3) is 0 Å². The van der Waals surface area contributed by atoms with E-state index in [9.17, 15) is 12.8 Å². The number of halogens is 1. The summed E-state index contributed by atoms with van der Waals surface area (Å²) in [5.74, 6) is -0.334. The number of sulfonamides is 1. The first-order valence-corrected chi connectivity index (χ1v) is 8.14. The van der Waals surface area contributed by atoms with Crippen molar-refractivity contribution in [3.05, 3.63) is 47.0 Å². The monoisotopic (exact) mass is 309 g/mol. The molecule has 21 heavy (non-hydrogen) atoms. The van der Waals surface area contributed by atoms with Crippen molar-refractivity contribution >= 4 is 10.0 Å². The summed E-state index contributed by atoms with van der Waals surface area (Å²) in [5, 5.41) is 6.60. The van der Waals surface area contributed by atoms with Gasteiger partial charge in [0.05, 0.1) is 16.9 Å². The van der Waals surface area contributed by atoms with Gasteiger partial charge in [-0.3, -0.25) is 5.10 Å². The Morgan fingerprint density at radius 2 is 1.86 bits per heavy atom. The lowest BCUT2D eigenvalue weighted by molar-refractivity contribution is 0.550. The van der Waals surface area contributed by atoms with Crippen LogP contribution in [0.4, 0.5) is 4.39 Å². The summed E-state index contributed by atoms with van der Waals surface area (Å²) in [7, 11) is -3.67. The smallest absolute Gasteiger partial charge is 0.245 e. The van der Waals surface area contributed by atoms with E-state index in [4.69, 9.17) is 0 Å². The van der Waals surface area contributed by atoms with E-state index in [0.717, 1.165) is 5.56 Å². The molecule has 0 spiro atoms. The Balaban J connectivity index is 1.94. The third-order valence-electron chi connectivity index (χ3n) is 3.81. The van der Waals surface area contributed by atoms with Crippen molar-refractivity contribution in [2.45, 2.75) is 37.1 Å². The van der Waals surface area contributed by atoms with E-state index in [1.807, 2.05) is 0 Å². The maximum atomic E-state index is 13.0. The molecule has 0 unspecified atom stereocenters. The Hall–Kier alpha value is -1.73. The molecule has 0 saturated heterocycles. The fourth-order valence-electron chi connectivity index (χ4n) is 2.59. The molecule has 1 saturated carbocycles. The molecule has 1 heterocycles. The van der Waals surface area contributed by atoms with Gasteiger partial charge in [0.2, 0.25) is 10.0 Å². The van der Waals surface area contributed by atoms with E-state index in [1.165, 1.54) is 12.1 Å². The molecule has 0 aliphatic heterocycles. The number of aromatic amines is 1. The maximum absolute atomic E-state index is 13.0. The number of hydrogen-bond acceptors (Lipinski definition) is 3. The Labute approximate surface area is 122 Å². The van der Waals surface area contributed by atoms with Crippen LogP contribution in [-0.4, -0.2) is 18.6 Å². The molecule has 0 radical (unpaired) electrons. The van der Waals surface area contributed by atoms with Gasteiger partial charge in [-0.25, -0.2) is 17.5 Å². The quantitative estimate of drug-likeness (QED) is 0.908. The zero-order valence-corrected chi connectivity index (χ0v) is 12.6. The van der Waals surface area contributed by atoms with Crippen LogP contribution in [-0.2, 0) is 15.6 Å². The van der Waals surface area contributed by atoms with Crippen LogP contribution in [0, 0.1) is 19.7 Å². The maximum Gasteiger partial charge on any atom is 0.245 e. The first-order chi connectivity index (χ1) is 9.84. The highest BCUT2D eigenvalue weighted by molar-refractivity contribution is 7.89. The van der Waals surface area contributed by atoms with Crippen molar-refractivity contribution in [1.82, 2.24) is 14.9 Å². The van der Waals surface area contributed by atoms with Crippen molar-refractivity contribution in [3.8, 4) is 0 Å². The summed E-state index contributed by atoms with van der Waals surface area (Å²) in [6.07, 6.45) is 1.40. The van der Waals surface area contributed by atoms with E-state index in [2.05, 4.69) is 14.9 Å². The largest absolute Gasteiger partial charge is 0.281 e. The number of nitrogens with zero attached hydrogens (tertiary/aromatic N) is 1. The fraction of sp³-hybridized carbons (Fsp3) is 0.357. The molecule has 1 aromatic carbocycles. The van der Waals surface area contributed by atoms with E-state index in [0.29, 0.717) is 24.2 Å². The van der Waals surface area contributed by atoms with Gasteiger partial charge in [-0.2, -0.15) is 5.10 Å². The van der Waals surface area contributed by atoms with Gasteiger partial charge < -0.3 is 0 Å². The summed E-state index contributed by atoms with van der Waals surface area (Å²) in [5.41, 5.74) is 1.11. The zero-order chi connectivity index (χ0) is 15.3. The van der Waals surface area contributed by atoms with Gasteiger partial charge >= 0.3 is 0 Å². The van der Waals surface area contributed by atoms with E-state index < -0.39 is 15.6 Å². The van der Waals surface area contributed by atoms with Crippen molar-refractivity contribution in [3.63, 3.8) is 0 Å². The van der Waals surface area contributed by atoms with Gasteiger partial charge in [0, 0.05) is 0 Å². The zero-order valence-electron chi connectivity index (χ0n) is 11.8. The lowest BCUT2D eigenvalue weighted by Gasteiger charge is -2.18. The number of hydrogen-bond donors (Lipinski definition) is 2. The molecule has 1 fully saturated rings. The second-order valence-corrected chi connectivity index (χ2v) is 7.08. The topological polar surface area (TPSA) is 74.8 Å². The number of aryl methyl sites for hydroxylation is 2. The Bertz CT molecular complexity index is 758. The van der Waals surface area contributed by atoms with E-state index in [1.54, 1.807) is 26.0 Å². The molecule has 5 nitrogen and oxygen atoms in total. The van der Waals surface area contributed by atoms with Gasteiger partial charge in [0.15, 0.2) is 0 Å². The minimum Gasteiger partial charge on any atom is -0.281 e. The highest BCUT2D eigenvalue weighted by Gasteiger charge is 2.48. The lowest BCUT2D eigenvalue weighted by atomic mass is 10.1. The minimum atomic E-state index is -3.67. The predicted molar refractivity (Wildman–Crippen MR) is 75.7 cm³/mol. The number of aromatic nitrogens is 2. The summed E-state index contributed by atoms with van der Waals surface area (Å²) < 4.78 is 40.9. The van der Waals surface area contributed by atoms with Crippen molar-refractivity contribution in [2.24, 2.45) is 0 Å². The van der Waals surface area contributed by atoms with Crippen LogP contribution < -0.4 is 4.72 Å². The standard InChI is InChI=1S/C14H16FN3O2S/c1-9-13(10(2)17-16-9)21(19,20)18-14(7-8-14)11-3-5-12(15)6-4-11/h3-6,18H,7-8H2,1-2H3,(H,16,17). The van der Waals surface area contributed by atoms with Crippen LogP contribution in [0.1, 0.15) is 29.8 Å². The van der Waals surface area contributed by atoms with Crippen LogP contribution >= 0.6 is 0 Å². The molecule has 0 bridgehead atoms. The average molecular weight is 309 g/mol. The van der Waals surface area contributed by atoms with Crippen LogP contribution in [0.3, 0.4) is 0 Å². The molecule has 3 rings (SSSR count). The third kappa shape index (κ3) is 2.47. The second kappa shape index (κ2) is 4.64. The molecule has 0 atom stereocenters. The van der Waals surface area contributed by atoms with E-state index >= 15 is 0 Å². The molecule has 1 aliphatic rings. The lowest BCUT2D eigenvalue weighted by Crippen LogP contribution is -2.35. The van der Waals surface area contributed by atoms with Crippen LogP contribution in [0.5, 0.6) is 0 Å². The Kier molecular flexibility index (Phi) is 3.14. The minimum absolute atomic E-state index is 0.191. The number of rotatable bonds is 4. The van der Waals surface area contributed by atoms with Crippen LogP contribution in [0.25, 0.3) is 0 Å². The highest BCUT2D eigenvalue weighted by atomic mass is 32.2.